The van der Waals surface area contributed by atoms with E-state index in [-0.39, 0.29) is 5.82 Å². The lowest BCUT2D eigenvalue weighted by Gasteiger charge is -2.27. The summed E-state index contributed by atoms with van der Waals surface area (Å²) in [7, 11) is 1.70. The average molecular weight is 312 g/mol. The molecule has 0 aromatic carbocycles. The second kappa shape index (κ2) is 6.25. The Kier molecular flexibility index (Phi) is 5.05. The first-order chi connectivity index (χ1) is 9.87. The number of aromatic nitrogens is 2. The number of carbonyl (C=O) groups is 2. The van der Waals surface area contributed by atoms with E-state index in [2.05, 4.69) is 10.5 Å². The van der Waals surface area contributed by atoms with Crippen molar-refractivity contribution in [3.63, 3.8) is 0 Å². The zero-order chi connectivity index (χ0) is 17.1. The number of carbonyl (C=O) groups excluding carboxylic acids is 2. The molecule has 0 saturated carbocycles. The Morgan fingerprint density at radius 3 is 2.09 bits per heavy atom. The van der Waals surface area contributed by atoms with E-state index < -0.39 is 23.4 Å². The van der Waals surface area contributed by atoms with Crippen LogP contribution in [0.3, 0.4) is 0 Å². The molecule has 0 aliphatic rings. The summed E-state index contributed by atoms with van der Waals surface area (Å²) in [5.41, 5.74) is 0.952. The molecule has 1 N–H and O–H groups in total. The molecule has 0 bridgehead atoms. The van der Waals surface area contributed by atoms with Gasteiger partial charge < -0.3 is 9.47 Å². The molecule has 0 fully saturated rings. The van der Waals surface area contributed by atoms with Crippen molar-refractivity contribution >= 4 is 18.0 Å². The minimum atomic E-state index is -0.774. The van der Waals surface area contributed by atoms with Gasteiger partial charge in [0.2, 0.25) is 0 Å². The summed E-state index contributed by atoms with van der Waals surface area (Å²) in [6, 6.07) is 1.57. The fourth-order valence-electron chi connectivity index (χ4n) is 1.42. The molecule has 0 radical (unpaired) electrons. The Bertz CT molecular complexity index is 540. The third kappa shape index (κ3) is 6.02. The number of aryl methyl sites for hydroxylation is 1. The van der Waals surface area contributed by atoms with Gasteiger partial charge in [0.05, 0.1) is 0 Å². The van der Waals surface area contributed by atoms with Crippen molar-refractivity contribution in [1.82, 2.24) is 15.2 Å². The average Bonchev–Trinajstić information content (AvgIpc) is 2.67. The van der Waals surface area contributed by atoms with Gasteiger partial charge in [-0.3, -0.25) is 4.68 Å². The highest BCUT2D eigenvalue weighted by Gasteiger charge is 2.28. The summed E-state index contributed by atoms with van der Waals surface area (Å²) in [5, 5.41) is 5.00. The molecule has 8 nitrogen and oxygen atoms in total. The van der Waals surface area contributed by atoms with E-state index in [0.29, 0.717) is 0 Å². The molecule has 0 unspecified atom stereocenters. The fraction of sp³-hybridized carbons (Fsp3) is 0.643. The van der Waals surface area contributed by atoms with Crippen molar-refractivity contribution in [1.29, 1.82) is 0 Å². The lowest BCUT2D eigenvalue weighted by Crippen LogP contribution is -2.50. The summed E-state index contributed by atoms with van der Waals surface area (Å²) >= 11 is 0. The monoisotopic (exact) mass is 312 g/mol. The second-order valence-corrected chi connectivity index (χ2v) is 6.78. The van der Waals surface area contributed by atoms with Crippen LogP contribution in [0.15, 0.2) is 12.3 Å². The van der Waals surface area contributed by atoms with E-state index in [0.717, 1.165) is 5.01 Å². The van der Waals surface area contributed by atoms with Crippen molar-refractivity contribution in [2.75, 3.05) is 5.01 Å². The van der Waals surface area contributed by atoms with Crippen molar-refractivity contribution < 1.29 is 19.1 Å². The predicted octanol–water partition coefficient (Wildman–Crippen LogP) is 2.60. The van der Waals surface area contributed by atoms with E-state index >= 15 is 0 Å². The zero-order valence-corrected chi connectivity index (χ0v) is 14.1. The van der Waals surface area contributed by atoms with Crippen LogP contribution in [0, 0.1) is 0 Å². The Labute approximate surface area is 130 Å². The summed E-state index contributed by atoms with van der Waals surface area (Å²) in [6.45, 7) is 10.4. The molecule has 0 aliphatic heterocycles. The van der Waals surface area contributed by atoms with Gasteiger partial charge in [0.1, 0.15) is 11.2 Å². The van der Waals surface area contributed by atoms with E-state index in [9.17, 15) is 9.59 Å². The topological polar surface area (TPSA) is 85.7 Å². The van der Waals surface area contributed by atoms with Gasteiger partial charge in [-0.15, -0.1) is 0 Å². The Morgan fingerprint density at radius 1 is 1.14 bits per heavy atom. The van der Waals surface area contributed by atoms with Gasteiger partial charge in [-0.25, -0.2) is 15.0 Å². The highest BCUT2D eigenvalue weighted by atomic mass is 16.6. The number of nitrogens with zero attached hydrogens (tertiary/aromatic N) is 3. The summed E-state index contributed by atoms with van der Waals surface area (Å²) in [4.78, 5) is 24.2. The van der Waals surface area contributed by atoms with Crippen LogP contribution in [-0.4, -0.2) is 33.2 Å². The maximum absolute atomic E-state index is 12.3. The number of hydrogen-bond donors (Lipinski definition) is 1. The summed E-state index contributed by atoms with van der Waals surface area (Å²) in [5.74, 6) is 0.225. The molecule has 0 spiro atoms. The maximum Gasteiger partial charge on any atom is 0.435 e. The molecule has 1 heterocycles. The molecule has 124 valence electrons. The molecule has 1 aromatic heterocycles. The van der Waals surface area contributed by atoms with E-state index in [1.807, 2.05) is 0 Å². The van der Waals surface area contributed by atoms with Gasteiger partial charge in [0.25, 0.3) is 0 Å². The molecule has 2 amide bonds. The van der Waals surface area contributed by atoms with Gasteiger partial charge in [-0.05, 0) is 41.5 Å². The lowest BCUT2D eigenvalue weighted by molar-refractivity contribution is 0.0423. The summed E-state index contributed by atoms with van der Waals surface area (Å²) < 4.78 is 11.9. The van der Waals surface area contributed by atoms with Crippen molar-refractivity contribution in [3.8, 4) is 0 Å². The highest BCUT2D eigenvalue weighted by molar-refractivity contribution is 5.89. The standard InChI is InChI=1S/C14H24N4O4/c1-13(2,3)21-11(19)16-18(10-8-9-17(7)15-10)12(20)22-14(4,5)6/h8-9H,1-7H3,(H,16,19). The molecule has 1 rings (SSSR count). The quantitative estimate of drug-likeness (QED) is 0.806. The van der Waals surface area contributed by atoms with Crippen LogP contribution in [0.5, 0.6) is 0 Å². The van der Waals surface area contributed by atoms with Crippen LogP contribution in [-0.2, 0) is 16.5 Å². The predicted molar refractivity (Wildman–Crippen MR) is 81.3 cm³/mol. The number of nitrogens with one attached hydrogen (secondary N) is 1. The van der Waals surface area contributed by atoms with Crippen molar-refractivity contribution in [3.05, 3.63) is 12.3 Å². The Hall–Kier alpha value is -2.25. The van der Waals surface area contributed by atoms with Gasteiger partial charge in [0, 0.05) is 19.3 Å². The van der Waals surface area contributed by atoms with Crippen molar-refractivity contribution in [2.24, 2.45) is 7.05 Å². The van der Waals surface area contributed by atoms with Gasteiger partial charge in [-0.1, -0.05) is 0 Å². The number of hydrogen-bond acceptors (Lipinski definition) is 5. The van der Waals surface area contributed by atoms with Crippen LogP contribution in [0.1, 0.15) is 41.5 Å². The molecular weight excluding hydrogens is 288 g/mol. The van der Waals surface area contributed by atoms with Crippen LogP contribution in [0.4, 0.5) is 15.4 Å². The van der Waals surface area contributed by atoms with E-state index in [4.69, 9.17) is 9.47 Å². The number of ether oxygens (including phenoxy) is 2. The van der Waals surface area contributed by atoms with Crippen molar-refractivity contribution in [2.45, 2.75) is 52.7 Å². The van der Waals surface area contributed by atoms with Gasteiger partial charge >= 0.3 is 12.2 Å². The number of anilines is 1. The molecule has 22 heavy (non-hydrogen) atoms. The van der Waals surface area contributed by atoms with E-state index in [1.165, 1.54) is 4.68 Å². The molecule has 8 heteroatoms. The minimum absolute atomic E-state index is 0.225. The molecule has 0 atom stereocenters. The van der Waals surface area contributed by atoms with Crippen LogP contribution >= 0.6 is 0 Å². The number of amides is 2. The molecule has 0 saturated heterocycles. The van der Waals surface area contributed by atoms with Crippen LogP contribution in [0.2, 0.25) is 0 Å². The first-order valence-electron chi connectivity index (χ1n) is 6.90. The highest BCUT2D eigenvalue weighted by Crippen LogP contribution is 2.15. The lowest BCUT2D eigenvalue weighted by atomic mass is 10.2. The largest absolute Gasteiger partial charge is 0.443 e. The number of hydrazine groups is 1. The zero-order valence-electron chi connectivity index (χ0n) is 14.1. The first kappa shape index (κ1) is 17.8. The number of rotatable bonds is 1. The van der Waals surface area contributed by atoms with Gasteiger partial charge in [-0.2, -0.15) is 10.1 Å². The minimum Gasteiger partial charge on any atom is -0.443 e. The summed E-state index contributed by atoms with van der Waals surface area (Å²) in [6.07, 6.45) is 0.116. The Morgan fingerprint density at radius 2 is 1.68 bits per heavy atom. The van der Waals surface area contributed by atoms with Gasteiger partial charge in [0.15, 0.2) is 5.82 Å². The molecule has 1 aromatic rings. The SMILES string of the molecule is Cn1ccc(N(NC(=O)OC(C)(C)C)C(=O)OC(C)(C)C)n1. The first-order valence-corrected chi connectivity index (χ1v) is 6.90. The fourth-order valence-corrected chi connectivity index (χ4v) is 1.42. The normalized spacial score (nSPS) is 11.8. The second-order valence-electron chi connectivity index (χ2n) is 6.78. The molecular formula is C14H24N4O4. The van der Waals surface area contributed by atoms with E-state index in [1.54, 1.807) is 60.9 Å². The third-order valence-corrected chi connectivity index (χ3v) is 2.11. The maximum atomic E-state index is 12.3. The smallest absolute Gasteiger partial charge is 0.435 e. The Balaban J connectivity index is 2.93. The van der Waals surface area contributed by atoms with Crippen LogP contribution in [0.25, 0.3) is 0 Å². The third-order valence-electron chi connectivity index (χ3n) is 2.11. The molecule has 0 aliphatic carbocycles. The van der Waals surface area contributed by atoms with Crippen LogP contribution < -0.4 is 10.4 Å².